The Bertz CT molecular complexity index is 970. The zero-order chi connectivity index (χ0) is 19.7. The van der Waals surface area contributed by atoms with Gasteiger partial charge < -0.3 is 21.1 Å². The molecular formula is C22H27N5O. The van der Waals surface area contributed by atoms with Crippen LogP contribution in [0.25, 0.3) is 10.9 Å². The molecule has 1 saturated carbocycles. The van der Waals surface area contributed by atoms with Crippen molar-refractivity contribution in [1.29, 1.82) is 0 Å². The molecule has 1 aromatic heterocycles. The molecule has 0 unspecified atom stereocenters. The summed E-state index contributed by atoms with van der Waals surface area (Å²) in [6.07, 6.45) is 2.59. The smallest absolute Gasteiger partial charge is 0.222 e. The third-order valence-corrected chi connectivity index (χ3v) is 4.91. The van der Waals surface area contributed by atoms with E-state index in [2.05, 4.69) is 45.2 Å². The number of aromatic nitrogens is 2. The number of nitrogens with zero attached hydrogens (tertiary/aromatic N) is 3. The number of fused-ring (bicyclic) bond motifs is 1. The van der Waals surface area contributed by atoms with Crippen LogP contribution >= 0.6 is 0 Å². The van der Waals surface area contributed by atoms with Gasteiger partial charge in [-0.1, -0.05) is 30.3 Å². The van der Waals surface area contributed by atoms with Crippen molar-refractivity contribution >= 4 is 28.4 Å². The Labute approximate surface area is 165 Å². The Balaban J connectivity index is 1.79. The lowest BCUT2D eigenvalue weighted by atomic mass is 10.1. The third-order valence-electron chi connectivity index (χ3n) is 4.91. The standard InChI is InChI=1S/C22H27N5O/c1-14(2)28-19-11-17(10-18-20(19)21(23)26-22(24)25-18)27(13-16-8-9-16)12-15-6-4-3-5-7-15/h3-7,10-11,14,16H,8-9,12-13H2,1-2H3,(H4,23,24,25,26). The lowest BCUT2D eigenvalue weighted by Gasteiger charge is -2.26. The van der Waals surface area contributed by atoms with E-state index in [9.17, 15) is 0 Å². The molecule has 1 heterocycles. The lowest BCUT2D eigenvalue weighted by Crippen LogP contribution is -2.25. The highest BCUT2D eigenvalue weighted by molar-refractivity contribution is 5.96. The molecule has 0 radical (unpaired) electrons. The van der Waals surface area contributed by atoms with E-state index in [-0.39, 0.29) is 12.1 Å². The van der Waals surface area contributed by atoms with Crippen molar-refractivity contribution in [3.63, 3.8) is 0 Å². The van der Waals surface area contributed by atoms with Crippen molar-refractivity contribution < 1.29 is 4.74 Å². The number of benzene rings is 2. The SMILES string of the molecule is CC(C)Oc1cc(N(Cc2ccccc2)CC2CC2)cc2nc(N)nc(N)c12. The van der Waals surface area contributed by atoms with E-state index < -0.39 is 0 Å². The van der Waals surface area contributed by atoms with Gasteiger partial charge in [-0.2, -0.15) is 4.98 Å². The van der Waals surface area contributed by atoms with Crippen molar-refractivity contribution in [2.45, 2.75) is 39.3 Å². The fourth-order valence-electron chi connectivity index (χ4n) is 3.47. The molecule has 0 spiro atoms. The summed E-state index contributed by atoms with van der Waals surface area (Å²) < 4.78 is 6.08. The maximum absolute atomic E-state index is 6.15. The van der Waals surface area contributed by atoms with Crippen LogP contribution in [0.5, 0.6) is 5.75 Å². The molecule has 2 aromatic carbocycles. The van der Waals surface area contributed by atoms with Crippen molar-refractivity contribution in [3.05, 3.63) is 48.0 Å². The summed E-state index contributed by atoms with van der Waals surface area (Å²) in [5, 5.41) is 0.720. The number of hydrogen-bond donors (Lipinski definition) is 2. The second-order valence-electron chi connectivity index (χ2n) is 7.78. The van der Waals surface area contributed by atoms with Crippen LogP contribution < -0.4 is 21.1 Å². The van der Waals surface area contributed by atoms with Gasteiger partial charge in [0.15, 0.2) is 0 Å². The molecule has 4 N–H and O–H groups in total. The van der Waals surface area contributed by atoms with Crippen LogP contribution in [0.4, 0.5) is 17.5 Å². The number of nitrogens with two attached hydrogens (primary N) is 2. The van der Waals surface area contributed by atoms with E-state index in [1.54, 1.807) is 0 Å². The predicted molar refractivity (Wildman–Crippen MR) is 114 cm³/mol. The Hall–Kier alpha value is -3.02. The Morgan fingerprint density at radius 2 is 1.86 bits per heavy atom. The van der Waals surface area contributed by atoms with E-state index in [0.29, 0.717) is 17.1 Å². The van der Waals surface area contributed by atoms with Gasteiger partial charge in [0.1, 0.15) is 11.6 Å². The Morgan fingerprint density at radius 3 is 2.54 bits per heavy atom. The normalized spacial score (nSPS) is 13.8. The molecule has 3 aromatic rings. The first-order valence-corrected chi connectivity index (χ1v) is 9.82. The molecule has 0 amide bonds. The van der Waals surface area contributed by atoms with Crippen molar-refractivity contribution in [3.8, 4) is 5.75 Å². The molecular weight excluding hydrogens is 350 g/mol. The predicted octanol–water partition coefficient (Wildman–Crippen LogP) is 4.00. The minimum absolute atomic E-state index is 0.0152. The molecule has 28 heavy (non-hydrogen) atoms. The van der Waals surface area contributed by atoms with Crippen LogP contribution in [0, 0.1) is 5.92 Å². The molecule has 6 heteroatoms. The summed E-state index contributed by atoms with van der Waals surface area (Å²) in [5.41, 5.74) is 15.1. The lowest BCUT2D eigenvalue weighted by molar-refractivity contribution is 0.245. The molecule has 1 aliphatic rings. The van der Waals surface area contributed by atoms with Crippen molar-refractivity contribution in [2.24, 2.45) is 5.92 Å². The first kappa shape index (κ1) is 18.3. The quantitative estimate of drug-likeness (QED) is 0.647. The first-order chi connectivity index (χ1) is 13.5. The number of ether oxygens (including phenoxy) is 1. The second kappa shape index (κ2) is 7.54. The molecule has 0 atom stereocenters. The highest BCUT2D eigenvalue weighted by Gasteiger charge is 2.25. The van der Waals surface area contributed by atoms with Gasteiger partial charge in [0.05, 0.1) is 17.0 Å². The van der Waals surface area contributed by atoms with E-state index >= 15 is 0 Å². The van der Waals surface area contributed by atoms with Gasteiger partial charge in [-0.3, -0.25) is 0 Å². The van der Waals surface area contributed by atoms with Crippen LogP contribution in [-0.2, 0) is 6.54 Å². The summed E-state index contributed by atoms with van der Waals surface area (Å²) in [6.45, 7) is 5.84. The summed E-state index contributed by atoms with van der Waals surface area (Å²) >= 11 is 0. The van der Waals surface area contributed by atoms with Gasteiger partial charge in [-0.15, -0.1) is 0 Å². The van der Waals surface area contributed by atoms with Gasteiger partial charge in [0, 0.05) is 24.8 Å². The average Bonchev–Trinajstić information content (AvgIpc) is 3.44. The number of nitrogen functional groups attached to an aromatic ring is 2. The minimum Gasteiger partial charge on any atom is -0.490 e. The number of anilines is 3. The summed E-state index contributed by atoms with van der Waals surface area (Å²) in [7, 11) is 0. The number of rotatable bonds is 7. The number of hydrogen-bond acceptors (Lipinski definition) is 6. The van der Waals surface area contributed by atoms with Crippen molar-refractivity contribution in [2.75, 3.05) is 22.9 Å². The summed E-state index contributed by atoms with van der Waals surface area (Å²) in [6, 6.07) is 14.6. The molecule has 4 rings (SSSR count). The van der Waals surface area contributed by atoms with Gasteiger partial charge in [0.2, 0.25) is 5.95 Å². The van der Waals surface area contributed by atoms with Gasteiger partial charge in [0.25, 0.3) is 0 Å². The molecule has 1 fully saturated rings. The van der Waals surface area contributed by atoms with Crippen LogP contribution in [0.2, 0.25) is 0 Å². The maximum atomic E-state index is 6.15. The van der Waals surface area contributed by atoms with Crippen LogP contribution in [-0.4, -0.2) is 22.6 Å². The van der Waals surface area contributed by atoms with E-state index in [0.717, 1.165) is 30.1 Å². The highest BCUT2D eigenvalue weighted by atomic mass is 16.5. The fraction of sp³-hybridized carbons (Fsp3) is 0.364. The largest absolute Gasteiger partial charge is 0.490 e. The van der Waals surface area contributed by atoms with E-state index in [1.807, 2.05) is 26.0 Å². The maximum Gasteiger partial charge on any atom is 0.222 e. The van der Waals surface area contributed by atoms with Crippen LogP contribution in [0.1, 0.15) is 32.3 Å². The molecule has 1 aliphatic carbocycles. The van der Waals surface area contributed by atoms with Gasteiger partial charge in [-0.25, -0.2) is 4.98 Å². The molecule has 0 aliphatic heterocycles. The van der Waals surface area contributed by atoms with Gasteiger partial charge in [-0.05, 0) is 44.2 Å². The monoisotopic (exact) mass is 377 g/mol. The minimum atomic E-state index is 0.0152. The average molecular weight is 377 g/mol. The second-order valence-corrected chi connectivity index (χ2v) is 7.78. The summed E-state index contributed by atoms with van der Waals surface area (Å²) in [4.78, 5) is 10.9. The third kappa shape index (κ3) is 4.11. The summed E-state index contributed by atoms with van der Waals surface area (Å²) in [5.74, 6) is 1.97. The van der Waals surface area contributed by atoms with E-state index in [4.69, 9.17) is 16.2 Å². The highest BCUT2D eigenvalue weighted by Crippen LogP contribution is 2.37. The van der Waals surface area contributed by atoms with E-state index in [1.165, 1.54) is 18.4 Å². The Kier molecular flexibility index (Phi) is 4.94. The molecule has 146 valence electrons. The van der Waals surface area contributed by atoms with Gasteiger partial charge >= 0.3 is 0 Å². The topological polar surface area (TPSA) is 90.3 Å². The van der Waals surface area contributed by atoms with Crippen molar-refractivity contribution in [1.82, 2.24) is 9.97 Å². The molecule has 0 bridgehead atoms. The Morgan fingerprint density at radius 1 is 1.11 bits per heavy atom. The zero-order valence-corrected chi connectivity index (χ0v) is 16.4. The zero-order valence-electron chi connectivity index (χ0n) is 16.4. The van der Waals surface area contributed by atoms with Crippen LogP contribution in [0.15, 0.2) is 42.5 Å². The molecule has 0 saturated heterocycles. The van der Waals surface area contributed by atoms with Crippen LogP contribution in [0.3, 0.4) is 0 Å². The fourth-order valence-corrected chi connectivity index (χ4v) is 3.47. The molecule has 6 nitrogen and oxygen atoms in total. The first-order valence-electron chi connectivity index (χ1n) is 9.82.